The Hall–Kier alpha value is -1.65. The van der Waals surface area contributed by atoms with E-state index >= 15 is 0 Å². The molecule has 5 heteroatoms. The number of hydrogen-bond donors (Lipinski definition) is 2. The molecule has 18 heavy (non-hydrogen) atoms. The summed E-state index contributed by atoms with van der Waals surface area (Å²) in [4.78, 5) is 20.5. The van der Waals surface area contributed by atoms with Crippen molar-refractivity contribution in [3.8, 4) is 0 Å². The summed E-state index contributed by atoms with van der Waals surface area (Å²) in [5.41, 5.74) is 6.43. The van der Waals surface area contributed by atoms with E-state index < -0.39 is 0 Å². The molecule has 0 bridgehead atoms. The average Bonchev–Trinajstić information content (AvgIpc) is 2.81. The number of nitrogens with two attached hydrogens (primary N) is 1. The van der Waals surface area contributed by atoms with E-state index in [2.05, 4.69) is 15.3 Å². The molecule has 98 valence electrons. The van der Waals surface area contributed by atoms with E-state index in [-0.39, 0.29) is 17.9 Å². The lowest BCUT2D eigenvalue weighted by molar-refractivity contribution is 0.0933. The first-order chi connectivity index (χ1) is 8.58. The zero-order valence-electron chi connectivity index (χ0n) is 10.9. The number of rotatable bonds is 3. The van der Waals surface area contributed by atoms with Gasteiger partial charge in [0.2, 0.25) is 0 Å². The van der Waals surface area contributed by atoms with Crippen molar-refractivity contribution in [2.24, 2.45) is 0 Å². The third-order valence-electron chi connectivity index (χ3n) is 3.26. The van der Waals surface area contributed by atoms with Gasteiger partial charge in [-0.3, -0.25) is 4.79 Å². The molecule has 1 saturated carbocycles. The van der Waals surface area contributed by atoms with Gasteiger partial charge in [0.15, 0.2) is 5.69 Å². The van der Waals surface area contributed by atoms with Crippen LogP contribution in [0, 0.1) is 0 Å². The summed E-state index contributed by atoms with van der Waals surface area (Å²) >= 11 is 0. The van der Waals surface area contributed by atoms with E-state index in [4.69, 9.17) is 5.73 Å². The van der Waals surface area contributed by atoms with Crippen LogP contribution in [0.1, 0.15) is 61.8 Å². The molecule has 3 N–H and O–H groups in total. The van der Waals surface area contributed by atoms with Crippen LogP contribution in [0.15, 0.2) is 6.20 Å². The third-order valence-corrected chi connectivity index (χ3v) is 3.26. The van der Waals surface area contributed by atoms with Crippen molar-refractivity contribution in [3.05, 3.63) is 17.7 Å². The highest BCUT2D eigenvalue weighted by Crippen LogP contribution is 2.19. The number of amides is 1. The molecule has 0 radical (unpaired) electrons. The minimum Gasteiger partial charge on any atom is -0.396 e. The Morgan fingerprint density at radius 1 is 1.44 bits per heavy atom. The standard InChI is InChI=1S/C13H20N4O/c1-8(2)12-15-7-10(14)11(17-12)13(18)16-9-5-3-4-6-9/h7-9H,3-6,14H2,1-2H3,(H,16,18). The Morgan fingerprint density at radius 2 is 2.11 bits per heavy atom. The number of aromatic nitrogens is 2. The van der Waals surface area contributed by atoms with Crippen molar-refractivity contribution < 1.29 is 4.79 Å². The molecule has 0 aromatic carbocycles. The van der Waals surface area contributed by atoms with Gasteiger partial charge in [0.1, 0.15) is 5.82 Å². The summed E-state index contributed by atoms with van der Waals surface area (Å²) in [6, 6.07) is 0.273. The van der Waals surface area contributed by atoms with Crippen LogP contribution in [-0.2, 0) is 0 Å². The Labute approximate surface area is 107 Å². The van der Waals surface area contributed by atoms with Crippen LogP contribution >= 0.6 is 0 Å². The summed E-state index contributed by atoms with van der Waals surface area (Å²) in [6.45, 7) is 3.98. The zero-order valence-corrected chi connectivity index (χ0v) is 10.9. The molecule has 0 aliphatic heterocycles. The third kappa shape index (κ3) is 2.78. The lowest BCUT2D eigenvalue weighted by Gasteiger charge is -2.13. The largest absolute Gasteiger partial charge is 0.396 e. The molecule has 2 rings (SSSR count). The molecule has 1 aromatic rings. The highest BCUT2D eigenvalue weighted by atomic mass is 16.2. The van der Waals surface area contributed by atoms with Crippen molar-refractivity contribution in [3.63, 3.8) is 0 Å². The van der Waals surface area contributed by atoms with Crippen LogP contribution in [0.3, 0.4) is 0 Å². The molecule has 1 heterocycles. The Balaban J connectivity index is 2.15. The van der Waals surface area contributed by atoms with Crippen molar-refractivity contribution >= 4 is 11.6 Å². The quantitative estimate of drug-likeness (QED) is 0.855. The van der Waals surface area contributed by atoms with Gasteiger partial charge in [0.05, 0.1) is 11.9 Å². The molecule has 0 unspecified atom stereocenters. The molecule has 0 atom stereocenters. The van der Waals surface area contributed by atoms with Gasteiger partial charge in [-0.2, -0.15) is 0 Å². The van der Waals surface area contributed by atoms with Crippen molar-refractivity contribution in [2.75, 3.05) is 5.73 Å². The van der Waals surface area contributed by atoms with Crippen LogP contribution < -0.4 is 11.1 Å². The predicted octanol–water partition coefficient (Wildman–Crippen LogP) is 1.85. The number of anilines is 1. The second-order valence-corrected chi connectivity index (χ2v) is 5.14. The van der Waals surface area contributed by atoms with Gasteiger partial charge in [-0.05, 0) is 12.8 Å². The first kappa shape index (κ1) is 12.8. The van der Waals surface area contributed by atoms with Gasteiger partial charge in [-0.15, -0.1) is 0 Å². The molecule has 1 amide bonds. The smallest absolute Gasteiger partial charge is 0.272 e. The van der Waals surface area contributed by atoms with Crippen molar-refractivity contribution in [1.82, 2.24) is 15.3 Å². The molecule has 0 saturated heterocycles. The molecular formula is C13H20N4O. The van der Waals surface area contributed by atoms with E-state index in [0.29, 0.717) is 17.2 Å². The number of carbonyl (C=O) groups is 1. The van der Waals surface area contributed by atoms with Crippen LogP contribution in [0.4, 0.5) is 5.69 Å². The first-order valence-electron chi connectivity index (χ1n) is 6.51. The van der Waals surface area contributed by atoms with Gasteiger partial charge in [0, 0.05) is 12.0 Å². The second-order valence-electron chi connectivity index (χ2n) is 5.14. The average molecular weight is 248 g/mol. The first-order valence-corrected chi connectivity index (χ1v) is 6.51. The molecule has 1 aliphatic carbocycles. The Kier molecular flexibility index (Phi) is 3.79. The summed E-state index contributed by atoms with van der Waals surface area (Å²) in [5.74, 6) is 0.660. The fourth-order valence-electron chi connectivity index (χ4n) is 2.19. The van der Waals surface area contributed by atoms with Crippen molar-refractivity contribution in [1.29, 1.82) is 0 Å². The van der Waals surface area contributed by atoms with Gasteiger partial charge in [-0.1, -0.05) is 26.7 Å². The maximum Gasteiger partial charge on any atom is 0.272 e. The predicted molar refractivity (Wildman–Crippen MR) is 70.3 cm³/mol. The van der Waals surface area contributed by atoms with Crippen LogP contribution in [0.25, 0.3) is 0 Å². The van der Waals surface area contributed by atoms with Gasteiger partial charge < -0.3 is 11.1 Å². The van der Waals surface area contributed by atoms with E-state index in [9.17, 15) is 4.79 Å². The maximum absolute atomic E-state index is 12.1. The molecule has 5 nitrogen and oxygen atoms in total. The van der Waals surface area contributed by atoms with Gasteiger partial charge in [-0.25, -0.2) is 9.97 Å². The fraction of sp³-hybridized carbons (Fsp3) is 0.615. The minimum absolute atomic E-state index is 0.177. The van der Waals surface area contributed by atoms with Crippen LogP contribution in [-0.4, -0.2) is 21.9 Å². The molecule has 1 fully saturated rings. The van der Waals surface area contributed by atoms with E-state index in [1.54, 1.807) is 0 Å². The summed E-state index contributed by atoms with van der Waals surface area (Å²) in [7, 11) is 0. The van der Waals surface area contributed by atoms with E-state index in [1.165, 1.54) is 19.0 Å². The minimum atomic E-state index is -0.177. The Bertz CT molecular complexity index is 439. The topological polar surface area (TPSA) is 80.9 Å². The number of carbonyl (C=O) groups excluding carboxylic acids is 1. The summed E-state index contributed by atoms with van der Waals surface area (Å²) in [6.07, 6.45) is 5.98. The second kappa shape index (κ2) is 5.33. The zero-order chi connectivity index (χ0) is 13.1. The number of nitrogen functional groups attached to an aromatic ring is 1. The number of nitrogens with zero attached hydrogens (tertiary/aromatic N) is 2. The molecule has 1 aromatic heterocycles. The normalized spacial score (nSPS) is 16.2. The van der Waals surface area contributed by atoms with E-state index in [0.717, 1.165) is 12.8 Å². The van der Waals surface area contributed by atoms with Gasteiger partial charge in [0.25, 0.3) is 5.91 Å². The number of nitrogens with one attached hydrogen (secondary N) is 1. The van der Waals surface area contributed by atoms with E-state index in [1.807, 2.05) is 13.8 Å². The molecule has 0 spiro atoms. The summed E-state index contributed by atoms with van der Waals surface area (Å²) in [5, 5.41) is 2.99. The Morgan fingerprint density at radius 3 is 2.72 bits per heavy atom. The number of hydrogen-bond acceptors (Lipinski definition) is 4. The highest BCUT2D eigenvalue weighted by molar-refractivity contribution is 5.97. The molecule has 1 aliphatic rings. The van der Waals surface area contributed by atoms with Crippen LogP contribution in [0.2, 0.25) is 0 Å². The van der Waals surface area contributed by atoms with Crippen LogP contribution in [0.5, 0.6) is 0 Å². The highest BCUT2D eigenvalue weighted by Gasteiger charge is 2.21. The van der Waals surface area contributed by atoms with Gasteiger partial charge >= 0.3 is 0 Å². The molecular weight excluding hydrogens is 228 g/mol. The van der Waals surface area contributed by atoms with Crippen molar-refractivity contribution in [2.45, 2.75) is 51.5 Å². The summed E-state index contributed by atoms with van der Waals surface area (Å²) < 4.78 is 0. The maximum atomic E-state index is 12.1. The lowest BCUT2D eigenvalue weighted by Crippen LogP contribution is -2.34. The fourth-order valence-corrected chi connectivity index (χ4v) is 2.19. The lowest BCUT2D eigenvalue weighted by atomic mass is 10.2. The monoisotopic (exact) mass is 248 g/mol. The SMILES string of the molecule is CC(C)c1ncc(N)c(C(=O)NC2CCCC2)n1.